The SMILES string of the molecule is Cc1c(CC(=O)NCCCCC(NC(=O)C(C)N)C(=O)O)c(=O)oc2cc(N)ccc12.Cl. The summed E-state index contributed by atoms with van der Waals surface area (Å²) in [6, 6.07) is 3.17. The summed E-state index contributed by atoms with van der Waals surface area (Å²) in [5, 5.41) is 15.0. The zero-order chi connectivity index (χ0) is 23.1. The maximum Gasteiger partial charge on any atom is 0.340 e. The van der Waals surface area contributed by atoms with Gasteiger partial charge in [-0.1, -0.05) is 0 Å². The van der Waals surface area contributed by atoms with Crippen molar-refractivity contribution >= 4 is 46.8 Å². The number of aryl methyl sites for hydroxylation is 1. The quantitative estimate of drug-likeness (QED) is 0.193. The van der Waals surface area contributed by atoms with Crippen LogP contribution in [0.1, 0.15) is 37.3 Å². The van der Waals surface area contributed by atoms with E-state index in [4.69, 9.17) is 15.9 Å². The zero-order valence-electron chi connectivity index (χ0n) is 18.0. The van der Waals surface area contributed by atoms with Crippen LogP contribution in [-0.4, -0.2) is 41.5 Å². The number of aliphatic carboxylic acids is 1. The van der Waals surface area contributed by atoms with E-state index in [2.05, 4.69) is 10.6 Å². The monoisotopic (exact) mass is 468 g/mol. The first-order valence-electron chi connectivity index (χ1n) is 9.97. The predicted molar refractivity (Wildman–Crippen MR) is 123 cm³/mol. The van der Waals surface area contributed by atoms with E-state index < -0.39 is 29.6 Å². The van der Waals surface area contributed by atoms with Crippen molar-refractivity contribution in [1.29, 1.82) is 0 Å². The number of nitrogens with one attached hydrogen (secondary N) is 2. The number of carbonyl (C=O) groups is 3. The van der Waals surface area contributed by atoms with Gasteiger partial charge >= 0.3 is 11.6 Å². The van der Waals surface area contributed by atoms with Crippen LogP contribution < -0.4 is 27.7 Å². The van der Waals surface area contributed by atoms with E-state index in [0.717, 1.165) is 0 Å². The van der Waals surface area contributed by atoms with Crippen molar-refractivity contribution in [3.63, 3.8) is 0 Å². The topological polar surface area (TPSA) is 178 Å². The molecule has 1 heterocycles. The van der Waals surface area contributed by atoms with E-state index in [9.17, 15) is 24.3 Å². The Morgan fingerprint density at radius 1 is 1.22 bits per heavy atom. The number of carboxylic acids is 1. The van der Waals surface area contributed by atoms with Crippen LogP contribution >= 0.6 is 12.4 Å². The third kappa shape index (κ3) is 7.24. The number of rotatable bonds is 10. The van der Waals surface area contributed by atoms with Crippen LogP contribution in [0.3, 0.4) is 0 Å². The molecule has 0 bridgehead atoms. The van der Waals surface area contributed by atoms with Gasteiger partial charge in [-0.05, 0) is 50.8 Å². The van der Waals surface area contributed by atoms with E-state index in [1.807, 2.05) is 0 Å². The lowest BCUT2D eigenvalue weighted by atomic mass is 10.0. The smallest absolute Gasteiger partial charge is 0.340 e. The number of hydrogen-bond acceptors (Lipinski definition) is 7. The number of anilines is 1. The molecule has 0 radical (unpaired) electrons. The lowest BCUT2D eigenvalue weighted by molar-refractivity contribution is -0.142. The van der Waals surface area contributed by atoms with E-state index in [1.54, 1.807) is 25.1 Å². The maximum atomic E-state index is 12.3. The number of nitrogens with two attached hydrogens (primary N) is 2. The highest BCUT2D eigenvalue weighted by molar-refractivity contribution is 5.87. The van der Waals surface area contributed by atoms with Crippen molar-refractivity contribution in [2.24, 2.45) is 5.73 Å². The van der Waals surface area contributed by atoms with Crippen LogP contribution in [0.25, 0.3) is 11.0 Å². The molecular weight excluding hydrogens is 440 g/mol. The van der Waals surface area contributed by atoms with Gasteiger partial charge in [-0.15, -0.1) is 12.4 Å². The molecule has 0 saturated heterocycles. The number of benzene rings is 1. The Balaban J connectivity index is 0.00000512. The highest BCUT2D eigenvalue weighted by Gasteiger charge is 2.21. The van der Waals surface area contributed by atoms with Gasteiger partial charge in [0, 0.05) is 23.7 Å². The van der Waals surface area contributed by atoms with Crippen LogP contribution in [0.4, 0.5) is 5.69 Å². The van der Waals surface area contributed by atoms with Crippen LogP contribution in [-0.2, 0) is 20.8 Å². The summed E-state index contributed by atoms with van der Waals surface area (Å²) in [6.45, 7) is 3.53. The molecule has 1 aromatic heterocycles. The van der Waals surface area contributed by atoms with Crippen LogP contribution in [0.2, 0.25) is 0 Å². The Kier molecular flexibility index (Phi) is 10.1. The van der Waals surface area contributed by atoms with Gasteiger partial charge in [0.25, 0.3) is 0 Å². The molecule has 0 fully saturated rings. The second kappa shape index (κ2) is 12.1. The Morgan fingerprint density at radius 2 is 1.91 bits per heavy atom. The van der Waals surface area contributed by atoms with Crippen molar-refractivity contribution in [1.82, 2.24) is 10.6 Å². The molecule has 0 aliphatic heterocycles. The van der Waals surface area contributed by atoms with Gasteiger partial charge in [-0.25, -0.2) is 9.59 Å². The molecule has 11 heteroatoms. The lowest BCUT2D eigenvalue weighted by Crippen LogP contribution is -2.47. The molecule has 2 aromatic rings. The lowest BCUT2D eigenvalue weighted by Gasteiger charge is -2.16. The molecule has 0 aliphatic carbocycles. The average Bonchev–Trinajstić information content (AvgIpc) is 2.69. The zero-order valence-corrected chi connectivity index (χ0v) is 18.8. The summed E-state index contributed by atoms with van der Waals surface area (Å²) < 4.78 is 5.28. The number of carboxylic acid groups (broad SMARTS) is 1. The fourth-order valence-electron chi connectivity index (χ4n) is 3.10. The summed E-state index contributed by atoms with van der Waals surface area (Å²) in [7, 11) is 0. The molecule has 0 aliphatic rings. The third-order valence-corrected chi connectivity index (χ3v) is 4.92. The number of carbonyl (C=O) groups excluding carboxylic acids is 2. The number of nitrogen functional groups attached to an aromatic ring is 1. The van der Waals surface area contributed by atoms with Gasteiger partial charge in [-0.3, -0.25) is 9.59 Å². The van der Waals surface area contributed by atoms with Gasteiger partial charge in [0.2, 0.25) is 11.8 Å². The van der Waals surface area contributed by atoms with Crippen molar-refractivity contribution in [3.05, 3.63) is 39.7 Å². The molecule has 176 valence electrons. The first-order valence-corrected chi connectivity index (χ1v) is 9.97. The summed E-state index contributed by atoms with van der Waals surface area (Å²) >= 11 is 0. The maximum absolute atomic E-state index is 12.3. The normalized spacial score (nSPS) is 12.5. The number of halogens is 1. The largest absolute Gasteiger partial charge is 0.480 e. The molecule has 1 aromatic carbocycles. The predicted octanol–water partition coefficient (Wildman–Crippen LogP) is 0.851. The fraction of sp³-hybridized carbons (Fsp3) is 0.429. The first kappa shape index (κ1) is 26.9. The molecule has 32 heavy (non-hydrogen) atoms. The molecule has 10 nitrogen and oxygen atoms in total. The molecule has 2 rings (SSSR count). The highest BCUT2D eigenvalue weighted by atomic mass is 35.5. The van der Waals surface area contributed by atoms with E-state index in [1.165, 1.54) is 6.92 Å². The molecule has 2 unspecified atom stereocenters. The molecule has 7 N–H and O–H groups in total. The van der Waals surface area contributed by atoms with Crippen LogP contribution in [0.5, 0.6) is 0 Å². The number of fused-ring (bicyclic) bond motifs is 1. The summed E-state index contributed by atoms with van der Waals surface area (Å²) in [6.07, 6.45) is 1.06. The van der Waals surface area contributed by atoms with E-state index in [0.29, 0.717) is 41.6 Å². The second-order valence-electron chi connectivity index (χ2n) is 7.46. The minimum absolute atomic E-state index is 0. The number of amides is 2. The van der Waals surface area contributed by atoms with Gasteiger partial charge in [-0.2, -0.15) is 0 Å². The van der Waals surface area contributed by atoms with Crippen molar-refractivity contribution in [3.8, 4) is 0 Å². The average molecular weight is 469 g/mol. The number of hydrogen-bond donors (Lipinski definition) is 5. The minimum atomic E-state index is -1.14. The summed E-state index contributed by atoms with van der Waals surface area (Å²) in [4.78, 5) is 47.3. The second-order valence-corrected chi connectivity index (χ2v) is 7.46. The fourth-order valence-corrected chi connectivity index (χ4v) is 3.10. The Labute approximate surface area is 191 Å². The van der Waals surface area contributed by atoms with Crippen molar-refractivity contribution < 1.29 is 23.9 Å². The minimum Gasteiger partial charge on any atom is -0.480 e. The van der Waals surface area contributed by atoms with Gasteiger partial charge in [0.1, 0.15) is 11.6 Å². The molecule has 0 saturated carbocycles. The molecule has 0 spiro atoms. The van der Waals surface area contributed by atoms with Gasteiger partial charge in [0.15, 0.2) is 0 Å². The Morgan fingerprint density at radius 3 is 2.53 bits per heavy atom. The van der Waals surface area contributed by atoms with Crippen molar-refractivity contribution in [2.45, 2.75) is 51.6 Å². The van der Waals surface area contributed by atoms with E-state index >= 15 is 0 Å². The van der Waals surface area contributed by atoms with Gasteiger partial charge in [0.05, 0.1) is 18.0 Å². The Bertz CT molecular complexity index is 1040. The van der Waals surface area contributed by atoms with Crippen molar-refractivity contribution in [2.75, 3.05) is 12.3 Å². The van der Waals surface area contributed by atoms with E-state index in [-0.39, 0.29) is 36.7 Å². The third-order valence-electron chi connectivity index (χ3n) is 4.92. The first-order chi connectivity index (χ1) is 14.6. The van der Waals surface area contributed by atoms with Gasteiger partial charge < -0.3 is 31.6 Å². The molecule has 2 atom stereocenters. The summed E-state index contributed by atoms with van der Waals surface area (Å²) in [5.74, 6) is -2.02. The standard InChI is InChI=1S/C21H28N4O6.ClH/c1-11-14-7-6-13(23)9-17(14)31-21(30)15(11)10-18(26)24-8-4-3-5-16(20(28)29)25-19(27)12(2)22;/h6-7,9,12,16H,3-5,8,10,22-23H2,1-2H3,(H,24,26)(H,25,27)(H,28,29);1H. The molecule has 2 amide bonds. The van der Waals surface area contributed by atoms with Crippen LogP contribution in [0.15, 0.2) is 27.4 Å². The summed E-state index contributed by atoms with van der Waals surface area (Å²) in [5.41, 5.74) is 12.3. The molecular formula is C21H29ClN4O6. The Hall–Kier alpha value is -3.11. The number of unbranched alkanes of at least 4 members (excludes halogenated alkanes) is 1. The highest BCUT2D eigenvalue weighted by Crippen LogP contribution is 2.21. The van der Waals surface area contributed by atoms with Crippen LogP contribution in [0, 0.1) is 6.92 Å².